The van der Waals surface area contributed by atoms with Crippen LogP contribution in [0.3, 0.4) is 0 Å². The van der Waals surface area contributed by atoms with E-state index in [0.29, 0.717) is 0 Å². The summed E-state index contributed by atoms with van der Waals surface area (Å²) in [5.41, 5.74) is 0. The quantitative estimate of drug-likeness (QED) is 0.798. The van der Waals surface area contributed by atoms with Crippen molar-refractivity contribution in [2.24, 2.45) is 11.8 Å². The molecule has 3 aliphatic rings. The molecule has 3 aliphatic carbocycles. The molecule has 2 unspecified atom stereocenters. The van der Waals surface area contributed by atoms with Crippen LogP contribution in [0.5, 0.6) is 0 Å². The number of halogens is 1. The van der Waals surface area contributed by atoms with Crippen molar-refractivity contribution in [2.75, 3.05) is 0 Å². The van der Waals surface area contributed by atoms with E-state index in [1.54, 1.807) is 0 Å². The van der Waals surface area contributed by atoms with E-state index < -0.39 is 0 Å². The van der Waals surface area contributed by atoms with Gasteiger partial charge in [0.25, 0.3) is 0 Å². The number of hydrogen-bond donors (Lipinski definition) is 0. The van der Waals surface area contributed by atoms with E-state index in [-0.39, 0.29) is 0 Å². The van der Waals surface area contributed by atoms with E-state index in [0.717, 1.165) is 35.0 Å². The van der Waals surface area contributed by atoms with Gasteiger partial charge >= 0.3 is 0 Å². The van der Waals surface area contributed by atoms with E-state index in [4.69, 9.17) is 0 Å². The van der Waals surface area contributed by atoms with Gasteiger partial charge in [0.1, 0.15) is 11.6 Å². The van der Waals surface area contributed by atoms with Crippen molar-refractivity contribution in [2.45, 2.75) is 49.4 Å². The van der Waals surface area contributed by atoms with Crippen LogP contribution in [-0.4, -0.2) is 14.8 Å². The van der Waals surface area contributed by atoms with Gasteiger partial charge in [-0.25, -0.2) is 0 Å². The maximum absolute atomic E-state index is 4.48. The molecule has 3 fully saturated rings. The summed E-state index contributed by atoms with van der Waals surface area (Å²) < 4.78 is 2.44. The lowest BCUT2D eigenvalue weighted by atomic mass is 10.1. The van der Waals surface area contributed by atoms with Crippen LogP contribution >= 0.6 is 15.9 Å². The minimum Gasteiger partial charge on any atom is -0.311 e. The van der Waals surface area contributed by atoms with Gasteiger partial charge in [-0.3, -0.25) is 0 Å². The average molecular weight is 282 g/mol. The van der Waals surface area contributed by atoms with Crippen molar-refractivity contribution in [1.29, 1.82) is 0 Å². The molecule has 4 rings (SSSR count). The smallest absolute Gasteiger partial charge is 0.143 e. The molecule has 1 aromatic rings. The lowest BCUT2D eigenvalue weighted by molar-refractivity contribution is 0.599. The van der Waals surface area contributed by atoms with Crippen molar-refractivity contribution in [3.05, 3.63) is 11.6 Å². The summed E-state index contributed by atoms with van der Waals surface area (Å²) in [6, 6.07) is 0.721. The third-order valence-electron chi connectivity index (χ3n) is 4.53. The molecule has 0 bridgehead atoms. The van der Waals surface area contributed by atoms with Crippen LogP contribution in [0.15, 0.2) is 0 Å². The lowest BCUT2D eigenvalue weighted by Crippen LogP contribution is -2.05. The molecule has 0 aliphatic heterocycles. The Bertz CT molecular complexity index is 414. The molecular formula is C12H16BrN3. The molecule has 4 heteroatoms. The molecule has 3 saturated carbocycles. The number of alkyl halides is 1. The Balaban J connectivity index is 1.70. The van der Waals surface area contributed by atoms with Crippen LogP contribution in [0.2, 0.25) is 0 Å². The average Bonchev–Trinajstić information content (AvgIpc) is 3.17. The van der Waals surface area contributed by atoms with E-state index in [2.05, 4.69) is 30.7 Å². The summed E-state index contributed by atoms with van der Waals surface area (Å²) >= 11 is 3.53. The maximum Gasteiger partial charge on any atom is 0.143 e. The molecule has 0 N–H and O–H groups in total. The predicted molar refractivity (Wildman–Crippen MR) is 64.5 cm³/mol. The fourth-order valence-electron chi connectivity index (χ4n) is 3.59. The molecule has 86 valence electrons. The first-order valence-corrected chi connectivity index (χ1v) is 7.52. The highest BCUT2D eigenvalue weighted by atomic mass is 79.9. The van der Waals surface area contributed by atoms with Crippen molar-refractivity contribution < 1.29 is 0 Å². The molecule has 0 aromatic carbocycles. The second kappa shape index (κ2) is 3.31. The molecule has 0 saturated heterocycles. The minimum absolute atomic E-state index is 0.721. The van der Waals surface area contributed by atoms with E-state index in [9.17, 15) is 0 Å². The van der Waals surface area contributed by atoms with Crippen LogP contribution < -0.4 is 0 Å². The number of rotatable bonds is 3. The van der Waals surface area contributed by atoms with Gasteiger partial charge in [0.05, 0.1) is 5.33 Å². The molecular weight excluding hydrogens is 266 g/mol. The first-order chi connectivity index (χ1) is 7.90. The van der Waals surface area contributed by atoms with E-state index in [1.165, 1.54) is 37.9 Å². The van der Waals surface area contributed by atoms with Gasteiger partial charge in [-0.1, -0.05) is 22.4 Å². The summed E-state index contributed by atoms with van der Waals surface area (Å²) in [4.78, 5) is 0. The monoisotopic (exact) mass is 281 g/mol. The van der Waals surface area contributed by atoms with Crippen LogP contribution in [-0.2, 0) is 5.33 Å². The summed E-state index contributed by atoms with van der Waals surface area (Å²) in [5.74, 6) is 5.11. The summed E-state index contributed by atoms with van der Waals surface area (Å²) in [7, 11) is 0. The third kappa shape index (κ3) is 1.25. The third-order valence-corrected chi connectivity index (χ3v) is 5.03. The van der Waals surface area contributed by atoms with Gasteiger partial charge in [0, 0.05) is 12.0 Å². The Morgan fingerprint density at radius 3 is 2.50 bits per heavy atom. The number of fused-ring (bicyclic) bond motifs is 1. The zero-order valence-electron chi connectivity index (χ0n) is 9.27. The Hall–Kier alpha value is -0.380. The zero-order chi connectivity index (χ0) is 10.7. The second-order valence-corrected chi connectivity index (χ2v) is 6.05. The van der Waals surface area contributed by atoms with Gasteiger partial charge in [0.2, 0.25) is 0 Å². The maximum atomic E-state index is 4.48. The second-order valence-electron chi connectivity index (χ2n) is 5.49. The SMILES string of the molecule is BrCc1nnc(C2C3CCCC32)n1C1CC1. The van der Waals surface area contributed by atoms with Crippen molar-refractivity contribution >= 4 is 15.9 Å². The first kappa shape index (κ1) is 9.63. The first-order valence-electron chi connectivity index (χ1n) is 6.40. The summed E-state index contributed by atoms with van der Waals surface area (Å²) in [6.07, 6.45) is 6.95. The Kier molecular flexibility index (Phi) is 1.99. The molecule has 0 radical (unpaired) electrons. The van der Waals surface area contributed by atoms with Gasteiger partial charge in [-0.2, -0.15) is 0 Å². The Morgan fingerprint density at radius 2 is 1.88 bits per heavy atom. The van der Waals surface area contributed by atoms with Crippen LogP contribution in [0.1, 0.15) is 55.7 Å². The fraction of sp³-hybridized carbons (Fsp3) is 0.833. The Labute approximate surface area is 104 Å². The summed E-state index contributed by atoms with van der Waals surface area (Å²) in [6.45, 7) is 0. The highest BCUT2D eigenvalue weighted by Crippen LogP contribution is 2.63. The minimum atomic E-state index is 0.721. The Morgan fingerprint density at radius 1 is 1.12 bits per heavy atom. The van der Waals surface area contributed by atoms with Crippen molar-refractivity contribution in [3.63, 3.8) is 0 Å². The highest BCUT2D eigenvalue weighted by molar-refractivity contribution is 9.08. The predicted octanol–water partition coefficient (Wildman–Crippen LogP) is 3.02. The highest BCUT2D eigenvalue weighted by Gasteiger charge is 2.56. The lowest BCUT2D eigenvalue weighted by Gasteiger charge is -2.08. The fourth-order valence-corrected chi connectivity index (χ4v) is 3.97. The van der Waals surface area contributed by atoms with E-state index in [1.807, 2.05) is 0 Å². The molecule has 1 heterocycles. The van der Waals surface area contributed by atoms with Gasteiger partial charge in [-0.15, -0.1) is 10.2 Å². The molecule has 0 amide bonds. The van der Waals surface area contributed by atoms with Crippen LogP contribution in [0.4, 0.5) is 0 Å². The zero-order valence-corrected chi connectivity index (χ0v) is 10.9. The van der Waals surface area contributed by atoms with Crippen molar-refractivity contribution in [1.82, 2.24) is 14.8 Å². The largest absolute Gasteiger partial charge is 0.311 e. The molecule has 0 spiro atoms. The van der Waals surface area contributed by atoms with Gasteiger partial charge in [0.15, 0.2) is 0 Å². The standard InChI is InChI=1S/C12H16BrN3/c13-6-10-14-15-12(16(10)7-4-5-7)11-8-2-1-3-9(8)11/h7-9,11H,1-6H2. The van der Waals surface area contributed by atoms with E-state index >= 15 is 0 Å². The van der Waals surface area contributed by atoms with Crippen LogP contribution in [0.25, 0.3) is 0 Å². The molecule has 2 atom stereocenters. The van der Waals surface area contributed by atoms with Crippen molar-refractivity contribution in [3.8, 4) is 0 Å². The number of aromatic nitrogens is 3. The number of nitrogens with zero attached hydrogens (tertiary/aromatic N) is 3. The molecule has 3 nitrogen and oxygen atoms in total. The molecule has 16 heavy (non-hydrogen) atoms. The van der Waals surface area contributed by atoms with Gasteiger partial charge < -0.3 is 4.57 Å². The van der Waals surface area contributed by atoms with Gasteiger partial charge in [-0.05, 0) is 37.5 Å². The topological polar surface area (TPSA) is 30.7 Å². The number of hydrogen-bond acceptors (Lipinski definition) is 2. The van der Waals surface area contributed by atoms with Crippen LogP contribution in [0, 0.1) is 11.8 Å². The summed E-state index contributed by atoms with van der Waals surface area (Å²) in [5, 5.41) is 9.67. The molecule has 1 aromatic heterocycles. The normalized spacial score (nSPS) is 36.4.